The number of rotatable bonds is 56. The molecule has 0 heterocycles. The minimum atomic E-state index is -0.858. The Balaban J connectivity index is 3.48. The molecule has 6 heteroatoms. The molecule has 0 saturated heterocycles. The van der Waals surface area contributed by atoms with Crippen LogP contribution in [0.25, 0.3) is 0 Å². The van der Waals surface area contributed by atoms with Crippen molar-refractivity contribution in [3.8, 4) is 0 Å². The minimum Gasteiger partial charge on any atom is -0.466 e. The van der Waals surface area contributed by atoms with Gasteiger partial charge < -0.3 is 20.3 Å². The summed E-state index contributed by atoms with van der Waals surface area (Å²) in [4.78, 5) is 24.6. The number of esters is 1. The van der Waals surface area contributed by atoms with Gasteiger partial charge in [-0.3, -0.25) is 9.59 Å². The van der Waals surface area contributed by atoms with E-state index in [0.717, 1.165) is 57.8 Å². The zero-order chi connectivity index (χ0) is 48.6. The number of aliphatic hydroxyl groups is 2. The van der Waals surface area contributed by atoms with Crippen molar-refractivity contribution >= 4 is 11.9 Å². The van der Waals surface area contributed by atoms with Gasteiger partial charge in [0, 0.05) is 12.8 Å². The lowest BCUT2D eigenvalue weighted by Crippen LogP contribution is -2.45. The Hall–Kier alpha value is -1.66. The van der Waals surface area contributed by atoms with Crippen LogP contribution in [0.3, 0.4) is 0 Å². The molecular weight excluding hydrogens is 827 g/mol. The Morgan fingerprint density at radius 2 is 0.701 bits per heavy atom. The van der Waals surface area contributed by atoms with E-state index in [1.54, 1.807) is 6.08 Å². The van der Waals surface area contributed by atoms with E-state index in [1.165, 1.54) is 244 Å². The van der Waals surface area contributed by atoms with Crippen LogP contribution in [0.15, 0.2) is 24.3 Å². The van der Waals surface area contributed by atoms with E-state index in [0.29, 0.717) is 19.4 Å². The van der Waals surface area contributed by atoms with Crippen LogP contribution in [0.1, 0.15) is 328 Å². The molecule has 0 aliphatic rings. The Morgan fingerprint density at radius 1 is 0.403 bits per heavy atom. The predicted molar refractivity (Wildman–Crippen MR) is 292 cm³/mol. The molecule has 396 valence electrons. The lowest BCUT2D eigenvalue weighted by atomic mass is 10.0. The Labute approximate surface area is 418 Å². The lowest BCUT2D eigenvalue weighted by molar-refractivity contribution is -0.143. The molecule has 0 aliphatic heterocycles. The van der Waals surface area contributed by atoms with Gasteiger partial charge in [0.1, 0.15) is 0 Å². The molecule has 0 aliphatic carbocycles. The van der Waals surface area contributed by atoms with Crippen LogP contribution >= 0.6 is 0 Å². The fraction of sp³-hybridized carbons (Fsp3) is 0.902. The van der Waals surface area contributed by atoms with Crippen LogP contribution in [0.5, 0.6) is 0 Å². The first-order chi connectivity index (χ1) is 33.0. The molecule has 0 bridgehead atoms. The van der Waals surface area contributed by atoms with Crippen molar-refractivity contribution in [1.82, 2.24) is 5.32 Å². The summed E-state index contributed by atoms with van der Waals surface area (Å²) >= 11 is 0. The molecule has 3 N–H and O–H groups in total. The highest BCUT2D eigenvalue weighted by Gasteiger charge is 2.18. The number of ether oxygens (including phenoxy) is 1. The number of carbonyl (C=O) groups is 2. The van der Waals surface area contributed by atoms with Crippen LogP contribution in [0.4, 0.5) is 0 Å². The van der Waals surface area contributed by atoms with Crippen molar-refractivity contribution in [2.24, 2.45) is 0 Å². The number of unbranched alkanes of at least 4 members (excludes halogenated alkanes) is 43. The number of amides is 1. The monoisotopic (exact) mass is 944 g/mol. The number of carbonyl (C=O) groups excluding carboxylic acids is 2. The average molecular weight is 945 g/mol. The number of aliphatic hydroxyl groups excluding tert-OH is 2. The first kappa shape index (κ1) is 65.3. The van der Waals surface area contributed by atoms with Crippen molar-refractivity contribution in [2.45, 2.75) is 341 Å². The number of hydrogen-bond donors (Lipinski definition) is 3. The van der Waals surface area contributed by atoms with Crippen LogP contribution in [-0.2, 0) is 14.3 Å². The van der Waals surface area contributed by atoms with Gasteiger partial charge in [-0.05, 0) is 57.8 Å². The molecule has 0 aromatic rings. The van der Waals surface area contributed by atoms with Crippen molar-refractivity contribution in [3.63, 3.8) is 0 Å². The molecule has 2 unspecified atom stereocenters. The molecular formula is C61H117NO5. The van der Waals surface area contributed by atoms with Crippen molar-refractivity contribution in [1.29, 1.82) is 0 Å². The third kappa shape index (κ3) is 53.5. The molecule has 6 nitrogen and oxygen atoms in total. The number of hydrogen-bond acceptors (Lipinski definition) is 5. The smallest absolute Gasteiger partial charge is 0.305 e. The molecule has 0 rings (SSSR count). The van der Waals surface area contributed by atoms with E-state index in [4.69, 9.17) is 4.74 Å². The minimum absolute atomic E-state index is 0.0176. The zero-order valence-corrected chi connectivity index (χ0v) is 45.1. The van der Waals surface area contributed by atoms with Gasteiger partial charge in [0.05, 0.1) is 25.4 Å². The highest BCUT2D eigenvalue weighted by molar-refractivity contribution is 5.76. The van der Waals surface area contributed by atoms with Gasteiger partial charge in [-0.2, -0.15) is 0 Å². The summed E-state index contributed by atoms with van der Waals surface area (Å²) in [6, 6.07) is -0.643. The van der Waals surface area contributed by atoms with Crippen LogP contribution in [-0.4, -0.2) is 47.4 Å². The summed E-state index contributed by atoms with van der Waals surface area (Å²) < 4.78 is 5.48. The summed E-state index contributed by atoms with van der Waals surface area (Å²) in [5, 5.41) is 23.2. The maximum absolute atomic E-state index is 12.5. The molecule has 0 saturated carbocycles. The first-order valence-corrected chi connectivity index (χ1v) is 30.1. The highest BCUT2D eigenvalue weighted by atomic mass is 16.5. The van der Waals surface area contributed by atoms with Gasteiger partial charge in [-0.1, -0.05) is 282 Å². The largest absolute Gasteiger partial charge is 0.466 e. The van der Waals surface area contributed by atoms with Gasteiger partial charge in [0.15, 0.2) is 0 Å². The van der Waals surface area contributed by atoms with Gasteiger partial charge in [0.25, 0.3) is 0 Å². The van der Waals surface area contributed by atoms with E-state index in [2.05, 4.69) is 31.3 Å². The average Bonchev–Trinajstić information content (AvgIpc) is 3.33. The second kappa shape index (κ2) is 56.9. The maximum Gasteiger partial charge on any atom is 0.305 e. The SMILES string of the molecule is CCCCCCCCC/C=C\CCCCCCCCCC(=O)OCCCCCCCCCCCCCC(=O)NC(CO)C(O)/C=C/CCCCCCCCCCCCCCCCCCCCC. The van der Waals surface area contributed by atoms with E-state index in [-0.39, 0.29) is 18.5 Å². The Morgan fingerprint density at radius 3 is 1.06 bits per heavy atom. The van der Waals surface area contributed by atoms with Crippen molar-refractivity contribution in [2.75, 3.05) is 13.2 Å². The van der Waals surface area contributed by atoms with Gasteiger partial charge >= 0.3 is 5.97 Å². The van der Waals surface area contributed by atoms with E-state index in [9.17, 15) is 19.8 Å². The van der Waals surface area contributed by atoms with Crippen molar-refractivity contribution in [3.05, 3.63) is 24.3 Å². The molecule has 2 atom stereocenters. The summed E-state index contributed by atoms with van der Waals surface area (Å²) in [5.74, 6) is -0.102. The van der Waals surface area contributed by atoms with E-state index >= 15 is 0 Å². The highest BCUT2D eigenvalue weighted by Crippen LogP contribution is 2.17. The van der Waals surface area contributed by atoms with Gasteiger partial charge in [-0.15, -0.1) is 0 Å². The normalized spacial score (nSPS) is 12.7. The number of nitrogens with one attached hydrogen (secondary N) is 1. The Kier molecular flexibility index (Phi) is 55.5. The standard InChI is InChI=1S/C61H117NO5/c1-3-5-7-9-11-13-15-17-19-21-23-24-25-26-28-30-33-37-41-45-49-53-59(64)58(57-63)62-60(65)54-50-46-42-38-34-32-36-40-44-48-52-56-67-61(66)55-51-47-43-39-35-31-29-27-22-20-18-16-14-12-10-8-6-4-2/h20,22,49,53,58-59,63-64H,3-19,21,23-48,50-52,54-57H2,1-2H3,(H,62,65)/b22-20-,53-49+. The number of allylic oxidation sites excluding steroid dienone is 3. The molecule has 0 aromatic carbocycles. The topological polar surface area (TPSA) is 95.9 Å². The van der Waals surface area contributed by atoms with Crippen molar-refractivity contribution < 1.29 is 24.5 Å². The van der Waals surface area contributed by atoms with E-state index in [1.807, 2.05) is 6.08 Å². The molecule has 1 amide bonds. The second-order valence-corrected chi connectivity index (χ2v) is 20.7. The van der Waals surface area contributed by atoms with Crippen LogP contribution < -0.4 is 5.32 Å². The third-order valence-electron chi connectivity index (χ3n) is 14.0. The predicted octanol–water partition coefficient (Wildman–Crippen LogP) is 18.6. The quantitative estimate of drug-likeness (QED) is 0.0321. The van der Waals surface area contributed by atoms with Gasteiger partial charge in [0.2, 0.25) is 5.91 Å². The van der Waals surface area contributed by atoms with Crippen LogP contribution in [0, 0.1) is 0 Å². The fourth-order valence-electron chi connectivity index (χ4n) is 9.34. The van der Waals surface area contributed by atoms with Crippen LogP contribution in [0.2, 0.25) is 0 Å². The summed E-state index contributed by atoms with van der Waals surface area (Å²) in [5.41, 5.74) is 0. The molecule has 67 heavy (non-hydrogen) atoms. The molecule has 0 spiro atoms. The van der Waals surface area contributed by atoms with E-state index < -0.39 is 12.1 Å². The summed E-state index contributed by atoms with van der Waals surface area (Å²) in [6.07, 6.45) is 69.1. The molecule has 0 aromatic heterocycles. The maximum atomic E-state index is 12.5. The second-order valence-electron chi connectivity index (χ2n) is 20.7. The summed E-state index contributed by atoms with van der Waals surface area (Å²) in [6.45, 7) is 4.88. The first-order valence-electron chi connectivity index (χ1n) is 30.1. The molecule has 0 fully saturated rings. The zero-order valence-electron chi connectivity index (χ0n) is 45.1. The fourth-order valence-corrected chi connectivity index (χ4v) is 9.34. The third-order valence-corrected chi connectivity index (χ3v) is 14.0. The molecule has 0 radical (unpaired) electrons. The summed E-state index contributed by atoms with van der Waals surface area (Å²) in [7, 11) is 0. The Bertz CT molecular complexity index is 1040. The van der Waals surface area contributed by atoms with Gasteiger partial charge in [-0.25, -0.2) is 0 Å². The lowest BCUT2D eigenvalue weighted by Gasteiger charge is -2.20.